The summed E-state index contributed by atoms with van der Waals surface area (Å²) in [4.78, 5) is 1.99. The largest absolute Gasteiger partial charge is 0.497 e. The van der Waals surface area contributed by atoms with Crippen LogP contribution in [0.5, 0.6) is 5.75 Å². The number of nitrogens with zero attached hydrogens (tertiary/aromatic N) is 1. The number of anilines is 2. The Morgan fingerprint density at radius 2 is 1.89 bits per heavy atom. The molecule has 2 aromatic rings. The fourth-order valence-corrected chi connectivity index (χ4v) is 2.45. The van der Waals surface area contributed by atoms with E-state index in [9.17, 15) is 4.39 Å². The second-order valence-electron chi connectivity index (χ2n) is 4.70. The third-order valence-corrected chi connectivity index (χ3v) is 3.45. The molecule has 2 aromatic carbocycles. The van der Waals surface area contributed by atoms with Gasteiger partial charge in [-0.25, -0.2) is 4.39 Å². The minimum atomic E-state index is -0.235. The lowest BCUT2D eigenvalue weighted by Gasteiger charge is -2.19. The van der Waals surface area contributed by atoms with Crippen molar-refractivity contribution >= 4 is 11.4 Å². The van der Waals surface area contributed by atoms with Gasteiger partial charge in [-0.2, -0.15) is 0 Å². The number of nitrogens with two attached hydrogens (primary N) is 1. The summed E-state index contributed by atoms with van der Waals surface area (Å²) in [5.74, 6) is 0.424. The zero-order valence-electron chi connectivity index (χ0n) is 10.7. The van der Waals surface area contributed by atoms with E-state index in [1.54, 1.807) is 19.2 Å². The van der Waals surface area contributed by atoms with Gasteiger partial charge in [0.1, 0.15) is 11.6 Å². The summed E-state index contributed by atoms with van der Waals surface area (Å²) in [6.45, 7) is 1.37. The van der Waals surface area contributed by atoms with Crippen LogP contribution < -0.4 is 15.4 Å². The van der Waals surface area contributed by atoms with E-state index in [1.165, 1.54) is 11.6 Å². The molecule has 0 bridgehead atoms. The number of rotatable bonds is 2. The molecule has 0 saturated carbocycles. The molecule has 0 atom stereocenters. The summed E-state index contributed by atoms with van der Waals surface area (Å²) in [5.41, 5.74) is 9.43. The number of halogens is 1. The molecule has 0 radical (unpaired) electrons. The van der Waals surface area contributed by atoms with Crippen molar-refractivity contribution < 1.29 is 9.13 Å². The van der Waals surface area contributed by atoms with Crippen molar-refractivity contribution in [3.05, 3.63) is 53.3 Å². The van der Waals surface area contributed by atoms with Crippen molar-refractivity contribution in [1.29, 1.82) is 0 Å². The molecule has 1 heterocycles. The molecular formula is C15H15FN2O. The normalized spacial score (nSPS) is 13.5. The van der Waals surface area contributed by atoms with Gasteiger partial charge in [0, 0.05) is 24.8 Å². The van der Waals surface area contributed by atoms with Gasteiger partial charge in [-0.05, 0) is 35.4 Å². The smallest absolute Gasteiger partial charge is 0.146 e. The first-order chi connectivity index (χ1) is 9.17. The van der Waals surface area contributed by atoms with E-state index in [0.717, 1.165) is 11.3 Å². The fraction of sp³-hybridized carbons (Fsp3) is 0.200. The Morgan fingerprint density at radius 3 is 2.68 bits per heavy atom. The van der Waals surface area contributed by atoms with Crippen LogP contribution in [0.2, 0.25) is 0 Å². The van der Waals surface area contributed by atoms with E-state index < -0.39 is 0 Å². The molecule has 1 aliphatic heterocycles. The van der Waals surface area contributed by atoms with Crippen molar-refractivity contribution in [2.24, 2.45) is 0 Å². The van der Waals surface area contributed by atoms with Crippen LogP contribution in [0.3, 0.4) is 0 Å². The predicted molar refractivity (Wildman–Crippen MR) is 73.7 cm³/mol. The van der Waals surface area contributed by atoms with Gasteiger partial charge in [0.25, 0.3) is 0 Å². The topological polar surface area (TPSA) is 38.5 Å². The number of ether oxygens (including phenoxy) is 1. The van der Waals surface area contributed by atoms with Crippen LogP contribution in [0.1, 0.15) is 11.1 Å². The van der Waals surface area contributed by atoms with Crippen LogP contribution in [-0.4, -0.2) is 7.11 Å². The Labute approximate surface area is 111 Å². The van der Waals surface area contributed by atoms with E-state index in [1.807, 2.05) is 23.1 Å². The second kappa shape index (κ2) is 4.46. The number of fused-ring (bicyclic) bond motifs is 1. The SMILES string of the molecule is COc1ccc(F)c(N2Cc3ccc(N)cc3C2)c1. The predicted octanol–water partition coefficient (Wildman–Crippen LogP) is 2.94. The molecule has 3 rings (SSSR count). The molecule has 0 fully saturated rings. The van der Waals surface area contributed by atoms with Crippen molar-refractivity contribution in [1.82, 2.24) is 0 Å². The summed E-state index contributed by atoms with van der Waals surface area (Å²) in [7, 11) is 1.58. The first-order valence-electron chi connectivity index (χ1n) is 6.13. The Bertz CT molecular complexity index is 628. The van der Waals surface area contributed by atoms with Crippen LogP contribution in [0.15, 0.2) is 36.4 Å². The van der Waals surface area contributed by atoms with Crippen LogP contribution in [0.25, 0.3) is 0 Å². The zero-order chi connectivity index (χ0) is 13.4. The standard InChI is InChI=1S/C15H15FN2O/c1-19-13-4-5-14(16)15(7-13)18-8-10-2-3-12(17)6-11(10)9-18/h2-7H,8-9,17H2,1H3. The van der Waals surface area contributed by atoms with E-state index >= 15 is 0 Å². The van der Waals surface area contributed by atoms with E-state index in [0.29, 0.717) is 24.5 Å². The molecule has 0 unspecified atom stereocenters. The van der Waals surface area contributed by atoms with E-state index in [-0.39, 0.29) is 5.82 Å². The van der Waals surface area contributed by atoms with Crippen LogP contribution in [-0.2, 0) is 13.1 Å². The highest BCUT2D eigenvalue weighted by Crippen LogP contribution is 2.33. The number of nitrogen functional groups attached to an aromatic ring is 1. The Hall–Kier alpha value is -2.23. The maximum absolute atomic E-state index is 13.9. The van der Waals surface area contributed by atoms with Crippen molar-refractivity contribution in [2.75, 3.05) is 17.7 Å². The lowest BCUT2D eigenvalue weighted by Crippen LogP contribution is -2.16. The lowest BCUT2D eigenvalue weighted by atomic mass is 10.1. The van der Waals surface area contributed by atoms with Gasteiger partial charge in [0.2, 0.25) is 0 Å². The Kier molecular flexibility index (Phi) is 2.78. The molecule has 0 amide bonds. The summed E-state index contributed by atoms with van der Waals surface area (Å²) < 4.78 is 19.1. The van der Waals surface area contributed by atoms with Gasteiger partial charge in [0.05, 0.1) is 12.8 Å². The average Bonchev–Trinajstić information content (AvgIpc) is 2.82. The minimum absolute atomic E-state index is 0.235. The first kappa shape index (κ1) is 11.8. The van der Waals surface area contributed by atoms with Gasteiger partial charge in [-0.3, -0.25) is 0 Å². The number of hydrogen-bond donors (Lipinski definition) is 1. The van der Waals surface area contributed by atoms with Gasteiger partial charge in [-0.1, -0.05) is 6.07 Å². The highest BCUT2D eigenvalue weighted by atomic mass is 19.1. The summed E-state index contributed by atoms with van der Waals surface area (Å²) >= 11 is 0. The Morgan fingerprint density at radius 1 is 1.11 bits per heavy atom. The van der Waals surface area contributed by atoms with Gasteiger partial charge < -0.3 is 15.4 Å². The van der Waals surface area contributed by atoms with Crippen molar-refractivity contribution in [3.63, 3.8) is 0 Å². The molecule has 1 aliphatic rings. The quantitative estimate of drug-likeness (QED) is 0.842. The monoisotopic (exact) mass is 258 g/mol. The maximum atomic E-state index is 13.9. The fourth-order valence-electron chi connectivity index (χ4n) is 2.45. The maximum Gasteiger partial charge on any atom is 0.146 e. The summed E-state index contributed by atoms with van der Waals surface area (Å²) in [6.07, 6.45) is 0. The molecule has 98 valence electrons. The summed E-state index contributed by atoms with van der Waals surface area (Å²) in [5, 5.41) is 0. The molecular weight excluding hydrogens is 243 g/mol. The molecule has 0 aliphatic carbocycles. The molecule has 0 saturated heterocycles. The first-order valence-corrected chi connectivity index (χ1v) is 6.13. The van der Waals surface area contributed by atoms with Gasteiger partial charge in [0.15, 0.2) is 0 Å². The zero-order valence-corrected chi connectivity index (χ0v) is 10.7. The van der Waals surface area contributed by atoms with Gasteiger partial charge in [-0.15, -0.1) is 0 Å². The Balaban J connectivity index is 1.94. The van der Waals surface area contributed by atoms with E-state index in [2.05, 4.69) is 0 Å². The average molecular weight is 258 g/mol. The number of methoxy groups -OCH3 is 1. The lowest BCUT2D eigenvalue weighted by molar-refractivity contribution is 0.413. The summed E-state index contributed by atoms with van der Waals surface area (Å²) in [6, 6.07) is 10.6. The van der Waals surface area contributed by atoms with Crippen LogP contribution >= 0.6 is 0 Å². The molecule has 3 nitrogen and oxygen atoms in total. The van der Waals surface area contributed by atoms with Crippen molar-refractivity contribution in [3.8, 4) is 5.75 Å². The molecule has 2 N–H and O–H groups in total. The molecule has 0 spiro atoms. The molecule has 0 aromatic heterocycles. The molecule has 4 heteroatoms. The second-order valence-corrected chi connectivity index (χ2v) is 4.70. The van der Waals surface area contributed by atoms with E-state index in [4.69, 9.17) is 10.5 Å². The van der Waals surface area contributed by atoms with Crippen molar-refractivity contribution in [2.45, 2.75) is 13.1 Å². The third kappa shape index (κ3) is 2.10. The highest BCUT2D eigenvalue weighted by molar-refractivity contribution is 5.57. The van der Waals surface area contributed by atoms with Gasteiger partial charge >= 0.3 is 0 Å². The van der Waals surface area contributed by atoms with Crippen LogP contribution in [0, 0.1) is 5.82 Å². The highest BCUT2D eigenvalue weighted by Gasteiger charge is 2.22. The number of benzene rings is 2. The molecule has 19 heavy (non-hydrogen) atoms. The number of hydrogen-bond acceptors (Lipinski definition) is 3. The third-order valence-electron chi connectivity index (χ3n) is 3.45. The van der Waals surface area contributed by atoms with Crippen LogP contribution in [0.4, 0.5) is 15.8 Å². The minimum Gasteiger partial charge on any atom is -0.497 e.